The van der Waals surface area contributed by atoms with Gasteiger partial charge in [0.05, 0.1) is 6.54 Å². The number of carbonyl (C=O) groups excluding carboxylic acids is 1. The molecule has 96 valence electrons. The Morgan fingerprint density at radius 1 is 1.33 bits per heavy atom. The summed E-state index contributed by atoms with van der Waals surface area (Å²) in [5.41, 5.74) is 1.09. The van der Waals surface area contributed by atoms with Crippen molar-refractivity contribution in [2.75, 3.05) is 13.2 Å². The van der Waals surface area contributed by atoms with Crippen molar-refractivity contribution in [3.05, 3.63) is 29.8 Å². The zero-order valence-corrected chi connectivity index (χ0v) is 11.0. The predicted molar refractivity (Wildman–Crippen MR) is 72.4 cm³/mol. The number of rotatable bonds is 5. The van der Waals surface area contributed by atoms with Crippen molar-refractivity contribution >= 4 is 5.91 Å². The van der Waals surface area contributed by atoms with Gasteiger partial charge in [0.2, 0.25) is 5.91 Å². The van der Waals surface area contributed by atoms with Crippen molar-refractivity contribution in [1.29, 1.82) is 0 Å². The van der Waals surface area contributed by atoms with Gasteiger partial charge in [-0.2, -0.15) is 0 Å². The van der Waals surface area contributed by atoms with Gasteiger partial charge < -0.3 is 10.1 Å². The highest BCUT2D eigenvalue weighted by molar-refractivity contribution is 5.76. The second kappa shape index (κ2) is 8.19. The first kappa shape index (κ1) is 14.1. The molecule has 0 fully saturated rings. The highest BCUT2D eigenvalue weighted by Crippen LogP contribution is 2.15. The molecule has 0 unspecified atom stereocenters. The molecule has 3 heteroatoms. The van der Waals surface area contributed by atoms with Gasteiger partial charge in [0.15, 0.2) is 0 Å². The van der Waals surface area contributed by atoms with Crippen LogP contribution in [-0.2, 0) is 4.79 Å². The molecule has 18 heavy (non-hydrogen) atoms. The monoisotopic (exact) mass is 245 g/mol. The number of hydrogen-bond acceptors (Lipinski definition) is 2. The number of nitrogens with one attached hydrogen (secondary N) is 1. The molecule has 1 aromatic rings. The molecule has 0 heterocycles. The van der Waals surface area contributed by atoms with Crippen molar-refractivity contribution in [2.45, 2.75) is 26.7 Å². The lowest BCUT2D eigenvalue weighted by molar-refractivity contribution is -0.120. The summed E-state index contributed by atoms with van der Waals surface area (Å²) >= 11 is 0. The van der Waals surface area contributed by atoms with Crippen LogP contribution < -0.4 is 10.1 Å². The van der Waals surface area contributed by atoms with E-state index in [0.717, 1.165) is 17.7 Å². The minimum Gasteiger partial charge on any atom is -0.481 e. The summed E-state index contributed by atoms with van der Waals surface area (Å²) in [5, 5.41) is 2.73. The van der Waals surface area contributed by atoms with Gasteiger partial charge in [-0.25, -0.2) is 0 Å². The Bertz CT molecular complexity index is 443. The highest BCUT2D eigenvalue weighted by atomic mass is 16.5. The number of aryl methyl sites for hydroxylation is 1. The first-order valence-electron chi connectivity index (χ1n) is 6.15. The molecule has 0 bridgehead atoms. The molecule has 1 rings (SSSR count). The minimum atomic E-state index is 0.0478. The van der Waals surface area contributed by atoms with Crippen LogP contribution in [0, 0.1) is 18.8 Å². The van der Waals surface area contributed by atoms with Crippen LogP contribution in [0.5, 0.6) is 5.75 Å². The summed E-state index contributed by atoms with van der Waals surface area (Å²) in [6, 6.07) is 7.81. The molecule has 0 aliphatic rings. The van der Waals surface area contributed by atoms with Crippen LogP contribution >= 0.6 is 0 Å². The van der Waals surface area contributed by atoms with Crippen molar-refractivity contribution in [1.82, 2.24) is 5.32 Å². The Morgan fingerprint density at radius 2 is 2.11 bits per heavy atom. The Labute approximate surface area is 109 Å². The standard InChI is InChI=1S/C15H19NO2/c1-3-8-15(17)16-11-6-7-12-18-14-10-5-4-9-13(14)2/h4-5,9-10H,3,8,11-12H2,1-2H3,(H,16,17). The number of carbonyl (C=O) groups is 1. The smallest absolute Gasteiger partial charge is 0.220 e. The largest absolute Gasteiger partial charge is 0.481 e. The third-order valence-corrected chi connectivity index (χ3v) is 2.37. The molecule has 0 aliphatic heterocycles. The topological polar surface area (TPSA) is 38.3 Å². The van der Waals surface area contributed by atoms with E-state index >= 15 is 0 Å². The first-order valence-corrected chi connectivity index (χ1v) is 6.15. The van der Waals surface area contributed by atoms with E-state index in [1.807, 2.05) is 38.1 Å². The van der Waals surface area contributed by atoms with Crippen molar-refractivity contribution < 1.29 is 9.53 Å². The van der Waals surface area contributed by atoms with Gasteiger partial charge in [-0.05, 0) is 25.0 Å². The number of para-hydroxylation sites is 1. The molecular formula is C15H19NO2. The van der Waals surface area contributed by atoms with Gasteiger partial charge in [0.25, 0.3) is 0 Å². The number of ether oxygens (including phenoxy) is 1. The zero-order valence-electron chi connectivity index (χ0n) is 11.0. The molecule has 0 radical (unpaired) electrons. The third-order valence-electron chi connectivity index (χ3n) is 2.37. The maximum Gasteiger partial charge on any atom is 0.220 e. The average Bonchev–Trinajstić information content (AvgIpc) is 2.36. The van der Waals surface area contributed by atoms with Gasteiger partial charge in [-0.15, -0.1) is 0 Å². The van der Waals surface area contributed by atoms with E-state index in [0.29, 0.717) is 19.6 Å². The molecule has 0 saturated heterocycles. The van der Waals surface area contributed by atoms with Crippen LogP contribution in [0.4, 0.5) is 0 Å². The summed E-state index contributed by atoms with van der Waals surface area (Å²) in [4.78, 5) is 11.1. The molecule has 0 aliphatic carbocycles. The maximum atomic E-state index is 11.1. The molecule has 0 saturated carbocycles. The Kier molecular flexibility index (Phi) is 6.42. The van der Waals surface area contributed by atoms with Gasteiger partial charge in [0, 0.05) is 6.42 Å². The van der Waals surface area contributed by atoms with E-state index in [1.54, 1.807) is 0 Å². The molecule has 3 nitrogen and oxygen atoms in total. The maximum absolute atomic E-state index is 11.1. The van der Waals surface area contributed by atoms with E-state index in [-0.39, 0.29) is 5.91 Å². The second-order valence-corrected chi connectivity index (χ2v) is 3.93. The van der Waals surface area contributed by atoms with Gasteiger partial charge in [-0.1, -0.05) is 37.0 Å². The van der Waals surface area contributed by atoms with Crippen LogP contribution in [-0.4, -0.2) is 19.1 Å². The summed E-state index contributed by atoms with van der Waals surface area (Å²) in [6.45, 7) is 4.69. The number of amides is 1. The Balaban J connectivity index is 2.22. The number of hydrogen-bond donors (Lipinski definition) is 1. The SMILES string of the molecule is CCCC(=O)NCC#CCOc1ccccc1C. The molecule has 0 atom stereocenters. The van der Waals surface area contributed by atoms with E-state index in [9.17, 15) is 4.79 Å². The summed E-state index contributed by atoms with van der Waals surface area (Å²) < 4.78 is 5.51. The first-order chi connectivity index (χ1) is 8.74. The van der Waals surface area contributed by atoms with Gasteiger partial charge in [-0.3, -0.25) is 4.79 Å². The van der Waals surface area contributed by atoms with E-state index in [4.69, 9.17) is 4.74 Å². The lowest BCUT2D eigenvalue weighted by atomic mass is 10.2. The van der Waals surface area contributed by atoms with Crippen molar-refractivity contribution in [3.63, 3.8) is 0 Å². The fourth-order valence-corrected chi connectivity index (χ4v) is 1.40. The van der Waals surface area contributed by atoms with Crippen LogP contribution in [0.1, 0.15) is 25.3 Å². The summed E-state index contributed by atoms with van der Waals surface area (Å²) in [6.07, 6.45) is 1.41. The molecule has 0 spiro atoms. The average molecular weight is 245 g/mol. The zero-order chi connectivity index (χ0) is 13.2. The molecule has 0 aromatic heterocycles. The quantitative estimate of drug-likeness (QED) is 0.808. The number of benzene rings is 1. The molecular weight excluding hydrogens is 226 g/mol. The van der Waals surface area contributed by atoms with E-state index in [2.05, 4.69) is 17.2 Å². The van der Waals surface area contributed by atoms with Crippen molar-refractivity contribution in [2.24, 2.45) is 0 Å². The lowest BCUT2D eigenvalue weighted by Crippen LogP contribution is -2.22. The summed E-state index contributed by atoms with van der Waals surface area (Å²) in [7, 11) is 0. The van der Waals surface area contributed by atoms with Crippen LogP contribution in [0.25, 0.3) is 0 Å². The minimum absolute atomic E-state index is 0.0478. The van der Waals surface area contributed by atoms with E-state index in [1.165, 1.54) is 0 Å². The Hall–Kier alpha value is -1.95. The van der Waals surface area contributed by atoms with Crippen molar-refractivity contribution in [3.8, 4) is 17.6 Å². The molecule has 1 aromatic carbocycles. The van der Waals surface area contributed by atoms with Gasteiger partial charge >= 0.3 is 0 Å². The fourth-order valence-electron chi connectivity index (χ4n) is 1.40. The highest BCUT2D eigenvalue weighted by Gasteiger charge is 1.96. The van der Waals surface area contributed by atoms with Crippen LogP contribution in [0.2, 0.25) is 0 Å². The van der Waals surface area contributed by atoms with E-state index < -0.39 is 0 Å². The van der Waals surface area contributed by atoms with Crippen LogP contribution in [0.3, 0.4) is 0 Å². The fraction of sp³-hybridized carbons (Fsp3) is 0.400. The second-order valence-electron chi connectivity index (χ2n) is 3.93. The predicted octanol–water partition coefficient (Wildman–Crippen LogP) is 2.29. The lowest BCUT2D eigenvalue weighted by Gasteiger charge is -2.04. The third kappa shape index (κ3) is 5.40. The molecule has 1 amide bonds. The Morgan fingerprint density at radius 3 is 2.83 bits per heavy atom. The normalized spacial score (nSPS) is 9.22. The summed E-state index contributed by atoms with van der Waals surface area (Å²) in [5.74, 6) is 6.63. The van der Waals surface area contributed by atoms with Gasteiger partial charge in [0.1, 0.15) is 12.4 Å². The van der Waals surface area contributed by atoms with Crippen LogP contribution in [0.15, 0.2) is 24.3 Å². The molecule has 1 N–H and O–H groups in total.